The van der Waals surface area contributed by atoms with Crippen LogP contribution in [0.15, 0.2) is 58.4 Å². The van der Waals surface area contributed by atoms with Crippen LogP contribution >= 0.6 is 11.8 Å². The molecular formula is C20H26FN3OS. The monoisotopic (exact) mass is 375 g/mol. The van der Waals surface area contributed by atoms with Crippen molar-refractivity contribution in [3.8, 4) is 0 Å². The van der Waals surface area contributed by atoms with Crippen molar-refractivity contribution in [2.24, 2.45) is 4.99 Å². The number of aliphatic imine (C=N–C) groups is 1. The first kappa shape index (κ1) is 20.3. The highest BCUT2D eigenvalue weighted by Crippen LogP contribution is 2.21. The van der Waals surface area contributed by atoms with Gasteiger partial charge in [-0.25, -0.2) is 4.39 Å². The van der Waals surface area contributed by atoms with Gasteiger partial charge in [0.2, 0.25) is 0 Å². The first-order valence-corrected chi connectivity index (χ1v) is 9.42. The number of guanidine groups is 1. The first-order chi connectivity index (χ1) is 12.6. The van der Waals surface area contributed by atoms with Crippen LogP contribution in [0.4, 0.5) is 4.39 Å². The van der Waals surface area contributed by atoms with Crippen LogP contribution in [0.2, 0.25) is 0 Å². The van der Waals surface area contributed by atoms with Gasteiger partial charge in [0.1, 0.15) is 5.82 Å². The summed E-state index contributed by atoms with van der Waals surface area (Å²) in [5.41, 5.74) is 1.54. The summed E-state index contributed by atoms with van der Waals surface area (Å²) in [5, 5.41) is 6.99. The van der Waals surface area contributed by atoms with Crippen LogP contribution in [0.5, 0.6) is 0 Å². The van der Waals surface area contributed by atoms with E-state index in [9.17, 15) is 4.39 Å². The van der Waals surface area contributed by atoms with E-state index in [4.69, 9.17) is 4.74 Å². The lowest BCUT2D eigenvalue weighted by atomic mass is 10.1. The van der Waals surface area contributed by atoms with Crippen LogP contribution in [0.3, 0.4) is 0 Å². The zero-order chi connectivity index (χ0) is 18.8. The van der Waals surface area contributed by atoms with E-state index in [2.05, 4.69) is 34.7 Å². The zero-order valence-electron chi connectivity index (χ0n) is 15.5. The molecule has 0 aliphatic heterocycles. The molecule has 1 atom stereocenters. The van der Waals surface area contributed by atoms with Crippen molar-refractivity contribution in [1.82, 2.24) is 10.6 Å². The molecule has 0 spiro atoms. The Balaban J connectivity index is 1.81. The van der Waals surface area contributed by atoms with E-state index in [1.54, 1.807) is 20.2 Å². The number of halogens is 1. The SMILES string of the molecule is CN=C(NCc1ccc(F)c(COC)c1)NCC(C)Sc1ccccc1. The maximum atomic E-state index is 13.7. The van der Waals surface area contributed by atoms with Crippen LogP contribution in [0, 0.1) is 5.82 Å². The Bertz CT molecular complexity index is 709. The average Bonchev–Trinajstić information content (AvgIpc) is 2.65. The maximum absolute atomic E-state index is 13.7. The fourth-order valence-corrected chi connectivity index (χ4v) is 3.37. The third-order valence-corrected chi connectivity index (χ3v) is 4.84. The summed E-state index contributed by atoms with van der Waals surface area (Å²) >= 11 is 1.82. The van der Waals surface area contributed by atoms with E-state index < -0.39 is 0 Å². The van der Waals surface area contributed by atoms with Crippen LogP contribution < -0.4 is 10.6 Å². The summed E-state index contributed by atoms with van der Waals surface area (Å²) in [6, 6.07) is 15.4. The molecule has 0 aromatic heterocycles. The molecule has 0 heterocycles. The van der Waals surface area contributed by atoms with E-state index in [0.717, 1.165) is 18.1 Å². The molecule has 2 rings (SSSR count). The second-order valence-corrected chi connectivity index (χ2v) is 7.42. The van der Waals surface area contributed by atoms with Gasteiger partial charge in [0, 0.05) is 43.0 Å². The van der Waals surface area contributed by atoms with E-state index in [1.165, 1.54) is 11.0 Å². The lowest BCUT2D eigenvalue weighted by Gasteiger charge is -2.16. The fraction of sp³-hybridized carbons (Fsp3) is 0.350. The lowest BCUT2D eigenvalue weighted by Crippen LogP contribution is -2.39. The van der Waals surface area contributed by atoms with Crippen molar-refractivity contribution in [2.75, 3.05) is 20.7 Å². The third-order valence-electron chi connectivity index (χ3n) is 3.73. The van der Waals surface area contributed by atoms with Crippen LogP contribution in [0.1, 0.15) is 18.1 Å². The molecule has 0 aliphatic carbocycles. The minimum Gasteiger partial charge on any atom is -0.380 e. The standard InChI is InChI=1S/C20H26FN3OS/c1-15(26-18-7-5-4-6-8-18)12-23-20(22-2)24-13-16-9-10-19(21)17(11-16)14-25-3/h4-11,15H,12-14H2,1-3H3,(H2,22,23,24). The van der Waals surface area contributed by atoms with Crippen molar-refractivity contribution in [1.29, 1.82) is 0 Å². The molecule has 0 radical (unpaired) electrons. The molecule has 0 fully saturated rings. The van der Waals surface area contributed by atoms with Gasteiger partial charge in [0.25, 0.3) is 0 Å². The molecule has 6 heteroatoms. The van der Waals surface area contributed by atoms with Gasteiger partial charge in [-0.1, -0.05) is 31.2 Å². The Morgan fingerprint density at radius 1 is 1.19 bits per heavy atom. The van der Waals surface area contributed by atoms with E-state index >= 15 is 0 Å². The molecule has 0 amide bonds. The topological polar surface area (TPSA) is 45.7 Å². The predicted molar refractivity (Wildman–Crippen MR) is 107 cm³/mol. The Labute approximate surface area is 159 Å². The van der Waals surface area contributed by atoms with Gasteiger partial charge in [0.05, 0.1) is 6.61 Å². The number of methoxy groups -OCH3 is 1. The van der Waals surface area contributed by atoms with Gasteiger partial charge in [-0.3, -0.25) is 4.99 Å². The Morgan fingerprint density at radius 3 is 2.65 bits per heavy atom. The normalized spacial score (nSPS) is 12.7. The lowest BCUT2D eigenvalue weighted by molar-refractivity contribution is 0.181. The molecule has 2 aromatic carbocycles. The third kappa shape index (κ3) is 6.69. The van der Waals surface area contributed by atoms with E-state index in [1.807, 2.05) is 36.0 Å². The summed E-state index contributed by atoms with van der Waals surface area (Å²) in [4.78, 5) is 5.50. The largest absolute Gasteiger partial charge is 0.380 e. The van der Waals surface area contributed by atoms with E-state index in [0.29, 0.717) is 17.4 Å². The van der Waals surface area contributed by atoms with Crippen molar-refractivity contribution in [3.63, 3.8) is 0 Å². The molecule has 0 aliphatic rings. The number of thioether (sulfide) groups is 1. The zero-order valence-corrected chi connectivity index (χ0v) is 16.3. The predicted octanol–water partition coefficient (Wildman–Crippen LogP) is 3.82. The second-order valence-electron chi connectivity index (χ2n) is 5.91. The number of hydrogen-bond acceptors (Lipinski definition) is 3. The molecule has 0 saturated carbocycles. The Hall–Kier alpha value is -2.05. The quantitative estimate of drug-likeness (QED) is 0.418. The highest BCUT2D eigenvalue weighted by atomic mass is 32.2. The number of nitrogens with one attached hydrogen (secondary N) is 2. The van der Waals surface area contributed by atoms with Gasteiger partial charge in [-0.2, -0.15) is 0 Å². The molecule has 2 aromatic rings. The minimum atomic E-state index is -0.245. The van der Waals surface area contributed by atoms with Gasteiger partial charge < -0.3 is 15.4 Å². The summed E-state index contributed by atoms with van der Waals surface area (Å²) in [5.74, 6) is 0.480. The second kappa shape index (κ2) is 10.8. The van der Waals surface area contributed by atoms with Crippen LogP contribution in [-0.2, 0) is 17.9 Å². The summed E-state index contributed by atoms with van der Waals surface area (Å²) in [7, 11) is 3.30. The molecule has 140 valence electrons. The number of nitrogens with zero attached hydrogens (tertiary/aromatic N) is 1. The van der Waals surface area contributed by atoms with Gasteiger partial charge >= 0.3 is 0 Å². The number of benzene rings is 2. The maximum Gasteiger partial charge on any atom is 0.191 e. The van der Waals surface area contributed by atoms with Crippen molar-refractivity contribution < 1.29 is 9.13 Å². The highest BCUT2D eigenvalue weighted by molar-refractivity contribution is 8.00. The van der Waals surface area contributed by atoms with E-state index in [-0.39, 0.29) is 12.4 Å². The first-order valence-electron chi connectivity index (χ1n) is 8.55. The molecule has 2 N–H and O–H groups in total. The summed E-state index contributed by atoms with van der Waals surface area (Å²) < 4.78 is 18.7. The van der Waals surface area contributed by atoms with Crippen molar-refractivity contribution in [3.05, 3.63) is 65.5 Å². The Kier molecular flexibility index (Phi) is 8.44. The van der Waals surface area contributed by atoms with Crippen molar-refractivity contribution in [2.45, 2.75) is 30.2 Å². The van der Waals surface area contributed by atoms with Gasteiger partial charge in [-0.05, 0) is 29.8 Å². The number of rotatable bonds is 8. The molecule has 4 nitrogen and oxygen atoms in total. The van der Waals surface area contributed by atoms with Crippen LogP contribution in [-0.4, -0.2) is 31.9 Å². The smallest absolute Gasteiger partial charge is 0.191 e. The minimum absolute atomic E-state index is 0.245. The fourth-order valence-electron chi connectivity index (χ4n) is 2.42. The summed E-state index contributed by atoms with van der Waals surface area (Å²) in [6.45, 7) is 3.80. The van der Waals surface area contributed by atoms with Crippen molar-refractivity contribution >= 4 is 17.7 Å². The number of hydrogen-bond donors (Lipinski definition) is 2. The van der Waals surface area contributed by atoms with Gasteiger partial charge in [-0.15, -0.1) is 11.8 Å². The summed E-state index contributed by atoms with van der Waals surface area (Å²) in [6.07, 6.45) is 0. The molecular weight excluding hydrogens is 349 g/mol. The Morgan fingerprint density at radius 2 is 1.96 bits per heavy atom. The molecule has 0 bridgehead atoms. The van der Waals surface area contributed by atoms with Gasteiger partial charge in [0.15, 0.2) is 5.96 Å². The van der Waals surface area contributed by atoms with Crippen LogP contribution in [0.25, 0.3) is 0 Å². The highest BCUT2D eigenvalue weighted by Gasteiger charge is 2.07. The molecule has 0 saturated heterocycles. The number of ether oxygens (including phenoxy) is 1. The average molecular weight is 376 g/mol. The molecule has 1 unspecified atom stereocenters. The molecule has 26 heavy (non-hydrogen) atoms.